The molecule has 1 aromatic carbocycles. The van der Waals surface area contributed by atoms with Crippen LogP contribution in [0.1, 0.15) is 11.1 Å². The molecule has 1 aromatic rings. The molecule has 0 unspecified atom stereocenters. The van der Waals surface area contributed by atoms with Gasteiger partial charge in [-0.1, -0.05) is 24.3 Å². The third-order valence-corrected chi connectivity index (χ3v) is 3.12. The van der Waals surface area contributed by atoms with Crippen LogP contribution in [-0.4, -0.2) is 28.7 Å². The number of benzene rings is 1. The highest BCUT2D eigenvalue weighted by atomic mass is 19.4. The lowest BCUT2D eigenvalue weighted by atomic mass is 9.95. The number of amides is 1. The molecule has 0 heterocycles. The maximum absolute atomic E-state index is 12.3. The summed E-state index contributed by atoms with van der Waals surface area (Å²) >= 11 is 0. The predicted molar refractivity (Wildman–Crippen MR) is 58.4 cm³/mol. The van der Waals surface area contributed by atoms with Crippen LogP contribution in [0.15, 0.2) is 24.3 Å². The minimum absolute atomic E-state index is 0.152. The first-order valence-electron chi connectivity index (χ1n) is 5.44. The first-order valence-corrected chi connectivity index (χ1v) is 5.44. The second-order valence-corrected chi connectivity index (χ2v) is 4.46. The van der Waals surface area contributed by atoms with Gasteiger partial charge < -0.3 is 10.4 Å². The van der Waals surface area contributed by atoms with E-state index in [0.717, 1.165) is 0 Å². The quantitative estimate of drug-likeness (QED) is 0.853. The van der Waals surface area contributed by atoms with E-state index in [1.807, 2.05) is 0 Å². The van der Waals surface area contributed by atoms with E-state index in [9.17, 15) is 22.8 Å². The lowest BCUT2D eigenvalue weighted by molar-refractivity contribution is -0.177. The average molecular weight is 273 g/mol. The van der Waals surface area contributed by atoms with Crippen LogP contribution in [0.2, 0.25) is 0 Å². The van der Waals surface area contributed by atoms with Crippen molar-refractivity contribution in [3.8, 4) is 0 Å². The average Bonchev–Trinajstić information content (AvgIpc) is 2.66. The van der Waals surface area contributed by atoms with E-state index in [1.54, 1.807) is 29.6 Å². The highest BCUT2D eigenvalue weighted by molar-refractivity contribution is 5.90. The van der Waals surface area contributed by atoms with Crippen LogP contribution in [-0.2, 0) is 22.4 Å². The molecule has 7 heteroatoms. The summed E-state index contributed by atoms with van der Waals surface area (Å²) in [5, 5.41) is 10.8. The fraction of sp³-hybridized carbons (Fsp3) is 0.333. The SMILES string of the molecule is O=C(NC1(C(=O)O)Cc2ccccc2C1)C(F)(F)F. The van der Waals surface area contributed by atoms with Gasteiger partial charge in [0.1, 0.15) is 5.54 Å². The van der Waals surface area contributed by atoms with Gasteiger partial charge in [-0.15, -0.1) is 0 Å². The van der Waals surface area contributed by atoms with Crippen molar-refractivity contribution < 1.29 is 27.9 Å². The summed E-state index contributed by atoms with van der Waals surface area (Å²) in [6, 6.07) is 6.62. The third-order valence-electron chi connectivity index (χ3n) is 3.12. The standard InChI is InChI=1S/C12H10F3NO3/c13-12(14,15)9(17)16-11(10(18)19)5-7-3-1-2-4-8(7)6-11/h1-4H,5-6H2,(H,16,17)(H,18,19). The molecule has 102 valence electrons. The van der Waals surface area contributed by atoms with E-state index in [1.165, 1.54) is 0 Å². The number of hydrogen-bond donors (Lipinski definition) is 2. The Morgan fingerprint density at radius 2 is 1.63 bits per heavy atom. The van der Waals surface area contributed by atoms with Crippen LogP contribution in [0.3, 0.4) is 0 Å². The van der Waals surface area contributed by atoms with Crippen molar-refractivity contribution in [1.29, 1.82) is 0 Å². The number of carboxylic acid groups (broad SMARTS) is 1. The molecular formula is C12H10F3NO3. The molecule has 0 fully saturated rings. The minimum Gasteiger partial charge on any atom is -0.479 e. The van der Waals surface area contributed by atoms with Crippen LogP contribution < -0.4 is 5.32 Å². The number of aliphatic carboxylic acids is 1. The minimum atomic E-state index is -5.10. The Morgan fingerprint density at radius 1 is 1.16 bits per heavy atom. The molecule has 0 aromatic heterocycles. The summed E-state index contributed by atoms with van der Waals surface area (Å²) in [7, 11) is 0. The fourth-order valence-electron chi connectivity index (χ4n) is 2.20. The van der Waals surface area contributed by atoms with Crippen molar-refractivity contribution in [2.24, 2.45) is 0 Å². The molecule has 0 atom stereocenters. The van der Waals surface area contributed by atoms with E-state index in [-0.39, 0.29) is 12.8 Å². The van der Waals surface area contributed by atoms with Crippen molar-refractivity contribution >= 4 is 11.9 Å². The van der Waals surface area contributed by atoms with Gasteiger partial charge >= 0.3 is 18.1 Å². The van der Waals surface area contributed by atoms with Crippen molar-refractivity contribution in [2.45, 2.75) is 24.6 Å². The molecule has 2 rings (SSSR count). The molecule has 0 radical (unpaired) electrons. The van der Waals surface area contributed by atoms with E-state index in [0.29, 0.717) is 11.1 Å². The number of halogens is 3. The number of carboxylic acids is 1. The number of carbonyl (C=O) groups excluding carboxylic acids is 1. The smallest absolute Gasteiger partial charge is 0.471 e. The van der Waals surface area contributed by atoms with Gasteiger partial charge in [-0.2, -0.15) is 13.2 Å². The number of fused-ring (bicyclic) bond motifs is 1. The number of alkyl halides is 3. The normalized spacial score (nSPS) is 16.8. The van der Waals surface area contributed by atoms with Crippen molar-refractivity contribution in [1.82, 2.24) is 5.32 Å². The van der Waals surface area contributed by atoms with E-state index >= 15 is 0 Å². The lowest BCUT2D eigenvalue weighted by Crippen LogP contribution is -2.58. The molecule has 1 aliphatic rings. The van der Waals surface area contributed by atoms with Gasteiger partial charge in [0, 0.05) is 12.8 Å². The molecule has 0 saturated heterocycles. The lowest BCUT2D eigenvalue weighted by Gasteiger charge is -2.25. The molecule has 1 amide bonds. The number of nitrogens with one attached hydrogen (secondary N) is 1. The molecule has 4 nitrogen and oxygen atoms in total. The Balaban J connectivity index is 2.29. The first-order chi connectivity index (χ1) is 8.74. The summed E-state index contributed by atoms with van der Waals surface area (Å²) in [5.41, 5.74) is -0.657. The van der Waals surface area contributed by atoms with Crippen LogP contribution >= 0.6 is 0 Å². The molecule has 0 saturated carbocycles. The molecule has 0 bridgehead atoms. The van der Waals surface area contributed by atoms with Gasteiger partial charge in [0.15, 0.2) is 0 Å². The predicted octanol–water partition coefficient (Wildman–Crippen LogP) is 1.29. The molecule has 1 aliphatic carbocycles. The summed E-state index contributed by atoms with van der Waals surface area (Å²) in [6.45, 7) is 0. The Hall–Kier alpha value is -2.05. The van der Waals surface area contributed by atoms with Crippen molar-refractivity contribution in [3.05, 3.63) is 35.4 Å². The summed E-state index contributed by atoms with van der Waals surface area (Å²) in [6.07, 6.45) is -5.40. The summed E-state index contributed by atoms with van der Waals surface area (Å²) < 4.78 is 36.8. The Labute approximate surface area is 106 Å². The maximum Gasteiger partial charge on any atom is 0.471 e. The van der Waals surface area contributed by atoms with E-state index in [4.69, 9.17) is 5.11 Å². The zero-order valence-corrected chi connectivity index (χ0v) is 9.62. The zero-order valence-electron chi connectivity index (χ0n) is 9.62. The number of hydrogen-bond acceptors (Lipinski definition) is 2. The van der Waals surface area contributed by atoms with Crippen LogP contribution in [0.4, 0.5) is 13.2 Å². The first kappa shape index (κ1) is 13.4. The second kappa shape index (κ2) is 4.25. The largest absolute Gasteiger partial charge is 0.479 e. The van der Waals surface area contributed by atoms with Gasteiger partial charge in [-0.05, 0) is 11.1 Å². The summed E-state index contributed by atoms with van der Waals surface area (Å²) in [4.78, 5) is 22.3. The molecule has 19 heavy (non-hydrogen) atoms. The van der Waals surface area contributed by atoms with Crippen LogP contribution in [0, 0.1) is 0 Å². The van der Waals surface area contributed by atoms with Gasteiger partial charge in [0.2, 0.25) is 0 Å². The van der Waals surface area contributed by atoms with Gasteiger partial charge in [-0.3, -0.25) is 4.79 Å². The number of rotatable bonds is 2. The van der Waals surface area contributed by atoms with Crippen LogP contribution in [0.5, 0.6) is 0 Å². The Morgan fingerprint density at radius 3 is 2.00 bits per heavy atom. The molecule has 0 aliphatic heterocycles. The highest BCUT2D eigenvalue weighted by Crippen LogP contribution is 2.31. The zero-order chi connectivity index (χ0) is 14.3. The van der Waals surface area contributed by atoms with Gasteiger partial charge in [0.05, 0.1) is 0 Å². The van der Waals surface area contributed by atoms with Crippen molar-refractivity contribution in [2.75, 3.05) is 0 Å². The molecule has 2 N–H and O–H groups in total. The fourth-order valence-corrected chi connectivity index (χ4v) is 2.20. The van der Waals surface area contributed by atoms with E-state index < -0.39 is 23.6 Å². The Bertz CT molecular complexity index is 514. The molecule has 0 spiro atoms. The second-order valence-electron chi connectivity index (χ2n) is 4.46. The maximum atomic E-state index is 12.3. The van der Waals surface area contributed by atoms with E-state index in [2.05, 4.69) is 0 Å². The third kappa shape index (κ3) is 2.40. The van der Waals surface area contributed by atoms with Gasteiger partial charge in [-0.25, -0.2) is 4.79 Å². The Kier molecular flexibility index (Phi) is 3.00. The monoisotopic (exact) mass is 273 g/mol. The highest BCUT2D eigenvalue weighted by Gasteiger charge is 2.50. The summed E-state index contributed by atoms with van der Waals surface area (Å²) in [5.74, 6) is -3.70. The topological polar surface area (TPSA) is 66.4 Å². The molecular weight excluding hydrogens is 263 g/mol. The van der Waals surface area contributed by atoms with Gasteiger partial charge in [0.25, 0.3) is 0 Å². The number of carbonyl (C=O) groups is 2. The van der Waals surface area contributed by atoms with Crippen molar-refractivity contribution in [3.63, 3.8) is 0 Å². The van der Waals surface area contributed by atoms with Crippen LogP contribution in [0.25, 0.3) is 0 Å².